The summed E-state index contributed by atoms with van der Waals surface area (Å²) in [6.07, 6.45) is 0. The Balaban J connectivity index is 1.76. The summed E-state index contributed by atoms with van der Waals surface area (Å²) in [4.78, 5) is 11.2. The van der Waals surface area contributed by atoms with Crippen LogP contribution in [0.5, 0.6) is 0 Å². The van der Waals surface area contributed by atoms with Crippen LogP contribution in [0.3, 0.4) is 0 Å². The molecule has 6 nitrogen and oxygen atoms in total. The smallest absolute Gasteiger partial charge is 0.243 e. The zero-order valence-electron chi connectivity index (χ0n) is 14.5. The van der Waals surface area contributed by atoms with Gasteiger partial charge in [0.15, 0.2) is 0 Å². The van der Waals surface area contributed by atoms with Gasteiger partial charge in [0.25, 0.3) is 0 Å². The Bertz CT molecular complexity index is 873. The standard InChI is InChI=1S/C17H21ClN4O2S/c1-12-4-5-15(11-16(12)18)25(23,24)22-8-6-21(7-9-22)17-19-13(2)10-14(3)20-17/h4-5,10-11H,6-9H2,1-3H3. The van der Waals surface area contributed by atoms with Crippen LogP contribution >= 0.6 is 11.6 Å². The van der Waals surface area contributed by atoms with Gasteiger partial charge in [-0.1, -0.05) is 17.7 Å². The number of sulfonamides is 1. The highest BCUT2D eigenvalue weighted by atomic mass is 35.5. The summed E-state index contributed by atoms with van der Waals surface area (Å²) in [5.74, 6) is 0.660. The van der Waals surface area contributed by atoms with Gasteiger partial charge in [-0.15, -0.1) is 0 Å². The summed E-state index contributed by atoms with van der Waals surface area (Å²) in [5, 5.41) is 0.461. The van der Waals surface area contributed by atoms with Gasteiger partial charge < -0.3 is 4.90 Å². The van der Waals surface area contributed by atoms with Crippen LogP contribution in [0.4, 0.5) is 5.95 Å². The SMILES string of the molecule is Cc1cc(C)nc(N2CCN(S(=O)(=O)c3ccc(C)c(Cl)c3)CC2)n1. The van der Waals surface area contributed by atoms with Gasteiger partial charge >= 0.3 is 0 Å². The first-order chi connectivity index (χ1) is 11.8. The van der Waals surface area contributed by atoms with Crippen LogP contribution in [0.25, 0.3) is 0 Å². The summed E-state index contributed by atoms with van der Waals surface area (Å²) in [7, 11) is -3.54. The lowest BCUT2D eigenvalue weighted by molar-refractivity contribution is 0.382. The number of piperazine rings is 1. The van der Waals surface area contributed by atoms with Crippen molar-refractivity contribution in [3.63, 3.8) is 0 Å². The van der Waals surface area contributed by atoms with Gasteiger partial charge in [-0.3, -0.25) is 0 Å². The number of hydrogen-bond donors (Lipinski definition) is 0. The summed E-state index contributed by atoms with van der Waals surface area (Å²) in [6.45, 7) is 7.61. The maximum atomic E-state index is 12.8. The third-order valence-electron chi connectivity index (χ3n) is 4.27. The van der Waals surface area contributed by atoms with E-state index in [9.17, 15) is 8.42 Å². The highest BCUT2D eigenvalue weighted by Crippen LogP contribution is 2.24. The van der Waals surface area contributed by atoms with Crippen molar-refractivity contribution in [2.24, 2.45) is 0 Å². The predicted octanol–water partition coefficient (Wildman–Crippen LogP) is 2.57. The van der Waals surface area contributed by atoms with E-state index in [4.69, 9.17) is 11.6 Å². The zero-order valence-corrected chi connectivity index (χ0v) is 16.1. The minimum atomic E-state index is -3.54. The van der Waals surface area contributed by atoms with Gasteiger partial charge in [-0.25, -0.2) is 18.4 Å². The molecule has 1 aliphatic rings. The van der Waals surface area contributed by atoms with Gasteiger partial charge in [-0.05, 0) is 44.5 Å². The van der Waals surface area contributed by atoms with Crippen LogP contribution in [0.15, 0.2) is 29.2 Å². The molecule has 0 N–H and O–H groups in total. The van der Waals surface area contributed by atoms with E-state index in [0.717, 1.165) is 17.0 Å². The molecule has 0 bridgehead atoms. The second-order valence-corrected chi connectivity index (χ2v) is 8.60. The Morgan fingerprint density at radius 1 is 0.960 bits per heavy atom. The van der Waals surface area contributed by atoms with Crippen molar-refractivity contribution in [3.05, 3.63) is 46.2 Å². The van der Waals surface area contributed by atoms with Crippen molar-refractivity contribution >= 4 is 27.6 Å². The Hall–Kier alpha value is -1.70. The fraction of sp³-hybridized carbons (Fsp3) is 0.412. The fourth-order valence-electron chi connectivity index (χ4n) is 2.86. The first kappa shape index (κ1) is 18.1. The van der Waals surface area contributed by atoms with Crippen LogP contribution < -0.4 is 4.90 Å². The minimum absolute atomic E-state index is 0.235. The van der Waals surface area contributed by atoms with Gasteiger partial charge in [0, 0.05) is 42.6 Å². The number of rotatable bonds is 3. The van der Waals surface area contributed by atoms with Gasteiger partial charge in [0.2, 0.25) is 16.0 Å². The molecule has 1 saturated heterocycles. The largest absolute Gasteiger partial charge is 0.338 e. The van der Waals surface area contributed by atoms with Crippen molar-refractivity contribution in [3.8, 4) is 0 Å². The summed E-state index contributed by atoms with van der Waals surface area (Å²) >= 11 is 6.08. The van der Waals surface area contributed by atoms with Gasteiger partial charge in [-0.2, -0.15) is 4.31 Å². The quantitative estimate of drug-likeness (QED) is 0.818. The van der Waals surface area contributed by atoms with Crippen molar-refractivity contribution in [2.75, 3.05) is 31.1 Å². The van der Waals surface area contributed by atoms with Crippen LogP contribution in [-0.2, 0) is 10.0 Å². The monoisotopic (exact) mass is 380 g/mol. The van der Waals surface area contributed by atoms with Crippen LogP contribution in [0, 0.1) is 20.8 Å². The number of anilines is 1. The Kier molecular flexibility index (Phi) is 4.99. The lowest BCUT2D eigenvalue weighted by Crippen LogP contribution is -2.49. The molecule has 0 atom stereocenters. The van der Waals surface area contributed by atoms with E-state index in [1.54, 1.807) is 12.1 Å². The van der Waals surface area contributed by atoms with E-state index < -0.39 is 10.0 Å². The fourth-order valence-corrected chi connectivity index (χ4v) is 4.55. The molecular formula is C17H21ClN4O2S. The van der Waals surface area contributed by atoms with E-state index in [0.29, 0.717) is 37.1 Å². The molecule has 1 aromatic carbocycles. The second-order valence-electron chi connectivity index (χ2n) is 6.25. The molecule has 0 unspecified atom stereocenters. The molecule has 3 rings (SSSR count). The van der Waals surface area contributed by atoms with Crippen molar-refractivity contribution in [1.82, 2.24) is 14.3 Å². The maximum absolute atomic E-state index is 12.8. The van der Waals surface area contributed by atoms with Crippen molar-refractivity contribution in [1.29, 1.82) is 0 Å². The number of aromatic nitrogens is 2. The molecular weight excluding hydrogens is 360 g/mol. The predicted molar refractivity (Wildman–Crippen MR) is 98.7 cm³/mol. The maximum Gasteiger partial charge on any atom is 0.243 e. The minimum Gasteiger partial charge on any atom is -0.338 e. The summed E-state index contributed by atoms with van der Waals surface area (Å²) in [5.41, 5.74) is 2.68. The molecule has 0 aliphatic carbocycles. The van der Waals surface area contributed by atoms with E-state index in [1.165, 1.54) is 10.4 Å². The average molecular weight is 381 g/mol. The van der Waals surface area contributed by atoms with E-state index in [-0.39, 0.29) is 4.90 Å². The second kappa shape index (κ2) is 6.90. The molecule has 8 heteroatoms. The zero-order chi connectivity index (χ0) is 18.2. The first-order valence-electron chi connectivity index (χ1n) is 8.11. The number of halogens is 1. The number of aryl methyl sites for hydroxylation is 3. The molecule has 0 saturated carbocycles. The highest BCUT2D eigenvalue weighted by molar-refractivity contribution is 7.89. The Morgan fingerprint density at radius 2 is 1.56 bits per heavy atom. The summed E-state index contributed by atoms with van der Waals surface area (Å²) < 4.78 is 27.1. The molecule has 0 spiro atoms. The molecule has 1 aromatic heterocycles. The van der Waals surface area contributed by atoms with Gasteiger partial charge in [0.1, 0.15) is 0 Å². The lowest BCUT2D eigenvalue weighted by Gasteiger charge is -2.34. The normalized spacial score (nSPS) is 16.2. The van der Waals surface area contributed by atoms with Gasteiger partial charge in [0.05, 0.1) is 4.90 Å². The molecule has 2 aromatic rings. The lowest BCUT2D eigenvalue weighted by atomic mass is 10.2. The molecule has 1 aliphatic heterocycles. The molecule has 2 heterocycles. The van der Waals surface area contributed by atoms with E-state index >= 15 is 0 Å². The first-order valence-corrected chi connectivity index (χ1v) is 9.93. The topological polar surface area (TPSA) is 66.4 Å². The Labute approximate surface area is 153 Å². The molecule has 134 valence electrons. The summed E-state index contributed by atoms with van der Waals surface area (Å²) in [6, 6.07) is 6.78. The third kappa shape index (κ3) is 3.78. The van der Waals surface area contributed by atoms with E-state index in [1.807, 2.05) is 31.7 Å². The molecule has 1 fully saturated rings. The molecule has 0 radical (unpaired) electrons. The van der Waals surface area contributed by atoms with Crippen LogP contribution in [-0.4, -0.2) is 48.9 Å². The van der Waals surface area contributed by atoms with Crippen molar-refractivity contribution < 1.29 is 8.42 Å². The number of nitrogens with zero attached hydrogens (tertiary/aromatic N) is 4. The molecule has 0 amide bonds. The Morgan fingerprint density at radius 3 is 2.12 bits per heavy atom. The third-order valence-corrected chi connectivity index (χ3v) is 6.57. The van der Waals surface area contributed by atoms with Crippen LogP contribution in [0.2, 0.25) is 5.02 Å². The number of hydrogen-bond acceptors (Lipinski definition) is 5. The average Bonchev–Trinajstić information content (AvgIpc) is 2.56. The van der Waals surface area contributed by atoms with Crippen LogP contribution in [0.1, 0.15) is 17.0 Å². The van der Waals surface area contributed by atoms with E-state index in [2.05, 4.69) is 9.97 Å². The highest BCUT2D eigenvalue weighted by Gasteiger charge is 2.29. The van der Waals surface area contributed by atoms with Crippen molar-refractivity contribution in [2.45, 2.75) is 25.7 Å². The number of benzene rings is 1. The molecule has 25 heavy (non-hydrogen) atoms.